The highest BCUT2D eigenvalue weighted by atomic mass is 79.9. The first-order chi connectivity index (χ1) is 16.7. The number of nitrogens with zero attached hydrogens (tertiary/aromatic N) is 1. The highest BCUT2D eigenvalue weighted by Crippen LogP contribution is 2.37. The molecule has 2 aromatic rings. The van der Waals surface area contributed by atoms with Gasteiger partial charge in [-0.1, -0.05) is 17.7 Å². The molecule has 1 aliphatic heterocycles. The van der Waals surface area contributed by atoms with Crippen molar-refractivity contribution >= 4 is 51.5 Å². The molecule has 1 fully saturated rings. The number of aryl methyl sites for hydroxylation is 1. The normalized spacial score (nSPS) is 14.1. The van der Waals surface area contributed by atoms with Gasteiger partial charge in [0.1, 0.15) is 12.2 Å². The van der Waals surface area contributed by atoms with Gasteiger partial charge in [0.15, 0.2) is 18.1 Å². The van der Waals surface area contributed by atoms with Crippen molar-refractivity contribution in [3.63, 3.8) is 0 Å². The molecule has 0 unspecified atom stereocenters. The summed E-state index contributed by atoms with van der Waals surface area (Å²) in [6.45, 7) is 3.10. The van der Waals surface area contributed by atoms with Gasteiger partial charge >= 0.3 is 12.0 Å². The molecule has 35 heavy (non-hydrogen) atoms. The van der Waals surface area contributed by atoms with Gasteiger partial charge < -0.3 is 24.8 Å². The van der Waals surface area contributed by atoms with E-state index in [1.165, 1.54) is 13.2 Å². The zero-order valence-corrected chi connectivity index (χ0v) is 20.9. The summed E-state index contributed by atoms with van der Waals surface area (Å²) < 4.78 is 16.1. The van der Waals surface area contributed by atoms with Crippen LogP contribution < -0.4 is 20.1 Å². The summed E-state index contributed by atoms with van der Waals surface area (Å²) in [5.41, 5.74) is 2.10. The Morgan fingerprint density at radius 2 is 1.89 bits per heavy atom. The van der Waals surface area contributed by atoms with E-state index >= 15 is 0 Å². The lowest BCUT2D eigenvalue weighted by atomic mass is 10.1. The minimum Gasteiger partial charge on any atom is -0.493 e. The van der Waals surface area contributed by atoms with Crippen molar-refractivity contribution in [3.05, 3.63) is 57.7 Å². The van der Waals surface area contributed by atoms with Crippen LogP contribution in [0.3, 0.4) is 0 Å². The highest BCUT2D eigenvalue weighted by molar-refractivity contribution is 9.10. The van der Waals surface area contributed by atoms with E-state index in [4.69, 9.17) is 14.2 Å². The van der Waals surface area contributed by atoms with Crippen LogP contribution in [0.4, 0.5) is 10.5 Å². The summed E-state index contributed by atoms with van der Waals surface area (Å²) in [6, 6.07) is 9.63. The number of anilines is 1. The quantitative estimate of drug-likeness (QED) is 0.281. The first-order valence-electron chi connectivity index (χ1n) is 10.6. The van der Waals surface area contributed by atoms with Crippen molar-refractivity contribution in [2.24, 2.45) is 0 Å². The second kappa shape index (κ2) is 11.5. The van der Waals surface area contributed by atoms with Crippen molar-refractivity contribution in [2.75, 3.05) is 32.2 Å². The first-order valence-corrected chi connectivity index (χ1v) is 11.4. The molecule has 0 spiro atoms. The van der Waals surface area contributed by atoms with Crippen molar-refractivity contribution in [1.29, 1.82) is 0 Å². The van der Waals surface area contributed by atoms with Crippen molar-refractivity contribution in [3.8, 4) is 11.5 Å². The lowest BCUT2D eigenvalue weighted by Gasteiger charge is -2.13. The predicted octanol–water partition coefficient (Wildman–Crippen LogP) is 3.24. The second-order valence-electron chi connectivity index (χ2n) is 7.42. The summed E-state index contributed by atoms with van der Waals surface area (Å²) >= 11 is 3.36. The summed E-state index contributed by atoms with van der Waals surface area (Å²) in [5.74, 6) is -1.11. The highest BCUT2D eigenvalue weighted by Gasteiger charge is 2.35. The fourth-order valence-electron chi connectivity index (χ4n) is 3.16. The lowest BCUT2D eigenvalue weighted by Crippen LogP contribution is -2.38. The van der Waals surface area contributed by atoms with E-state index < -0.39 is 30.4 Å². The number of halogens is 1. The van der Waals surface area contributed by atoms with E-state index in [9.17, 15) is 19.2 Å². The fourth-order valence-corrected chi connectivity index (χ4v) is 3.73. The number of hydrogen-bond acceptors (Lipinski definition) is 7. The molecule has 1 aliphatic rings. The molecular weight excluding hydrogens is 522 g/mol. The molecule has 11 heteroatoms. The maximum Gasteiger partial charge on any atom is 0.344 e. The Morgan fingerprint density at radius 3 is 2.54 bits per heavy atom. The molecule has 0 radical (unpaired) electrons. The van der Waals surface area contributed by atoms with Crippen LogP contribution in [0.2, 0.25) is 0 Å². The van der Waals surface area contributed by atoms with E-state index in [-0.39, 0.29) is 24.7 Å². The van der Waals surface area contributed by atoms with Crippen LogP contribution in [0.25, 0.3) is 6.08 Å². The number of carbonyl (C=O) groups is 4. The summed E-state index contributed by atoms with van der Waals surface area (Å²) in [6.07, 6.45) is 1.44. The van der Waals surface area contributed by atoms with Gasteiger partial charge in [0.25, 0.3) is 5.91 Å². The van der Waals surface area contributed by atoms with Crippen LogP contribution in [-0.2, 0) is 19.1 Å². The molecule has 10 nitrogen and oxygen atoms in total. The molecule has 0 atom stereocenters. The number of methoxy groups -OCH3 is 1. The number of imide groups is 1. The molecule has 4 amide bonds. The van der Waals surface area contributed by atoms with Crippen LogP contribution in [0.1, 0.15) is 18.1 Å². The largest absolute Gasteiger partial charge is 0.493 e. The SMILES string of the molecule is CCOC(=O)COc1c(Br)cc(/C=C2\NC(=O)N(CC(=O)Nc3ccc(C)cc3)C2=O)cc1OC. The van der Waals surface area contributed by atoms with Gasteiger partial charge in [-0.25, -0.2) is 14.5 Å². The van der Waals surface area contributed by atoms with E-state index in [0.717, 1.165) is 10.5 Å². The second-order valence-corrected chi connectivity index (χ2v) is 8.28. The van der Waals surface area contributed by atoms with Crippen LogP contribution in [0, 0.1) is 6.92 Å². The molecular formula is C24H24BrN3O7. The summed E-state index contributed by atoms with van der Waals surface area (Å²) in [7, 11) is 1.42. The Labute approximate surface area is 210 Å². The maximum atomic E-state index is 12.8. The molecule has 0 bridgehead atoms. The zero-order chi connectivity index (χ0) is 25.5. The Hall–Kier alpha value is -3.86. The molecule has 1 saturated heterocycles. The van der Waals surface area contributed by atoms with Crippen LogP contribution in [0.15, 0.2) is 46.6 Å². The number of benzene rings is 2. The third kappa shape index (κ3) is 6.60. The third-order valence-electron chi connectivity index (χ3n) is 4.80. The molecule has 3 rings (SSSR count). The smallest absolute Gasteiger partial charge is 0.344 e. The maximum absolute atomic E-state index is 12.8. The van der Waals surface area contributed by atoms with E-state index in [0.29, 0.717) is 21.5 Å². The van der Waals surface area contributed by atoms with Crippen molar-refractivity contribution in [1.82, 2.24) is 10.2 Å². The average Bonchev–Trinajstić information content (AvgIpc) is 3.07. The monoisotopic (exact) mass is 545 g/mol. The first kappa shape index (κ1) is 25.8. The number of nitrogens with one attached hydrogen (secondary N) is 2. The summed E-state index contributed by atoms with van der Waals surface area (Å²) in [4.78, 5) is 49.9. The molecule has 0 saturated carbocycles. The van der Waals surface area contributed by atoms with Crippen LogP contribution in [-0.4, -0.2) is 55.6 Å². The number of ether oxygens (including phenoxy) is 3. The average molecular weight is 546 g/mol. The Balaban J connectivity index is 1.72. The number of hydrogen-bond donors (Lipinski definition) is 2. The Morgan fingerprint density at radius 1 is 1.17 bits per heavy atom. The minimum atomic E-state index is -0.708. The molecule has 0 aliphatic carbocycles. The molecule has 1 heterocycles. The number of carbonyl (C=O) groups excluding carboxylic acids is 4. The molecule has 2 aromatic carbocycles. The van der Waals surface area contributed by atoms with E-state index in [1.54, 1.807) is 31.2 Å². The standard InChI is InChI=1S/C24H24BrN3O7/c1-4-34-21(30)13-35-22-17(25)9-15(11-19(22)33-3)10-18-23(31)28(24(32)27-18)12-20(29)26-16-7-5-14(2)6-8-16/h5-11H,4,12-13H2,1-3H3,(H,26,29)(H,27,32)/b18-10-. The number of urea groups is 1. The fraction of sp³-hybridized carbons (Fsp3) is 0.250. The minimum absolute atomic E-state index is 0.00715. The van der Waals surface area contributed by atoms with Gasteiger partial charge in [0.05, 0.1) is 18.2 Å². The van der Waals surface area contributed by atoms with Gasteiger partial charge in [-0.05, 0) is 65.7 Å². The third-order valence-corrected chi connectivity index (χ3v) is 5.39. The number of rotatable bonds is 9. The number of esters is 1. The topological polar surface area (TPSA) is 123 Å². The van der Waals surface area contributed by atoms with Gasteiger partial charge in [-0.3, -0.25) is 9.59 Å². The van der Waals surface area contributed by atoms with E-state index in [2.05, 4.69) is 26.6 Å². The molecule has 184 valence electrons. The van der Waals surface area contributed by atoms with Gasteiger partial charge in [0.2, 0.25) is 5.91 Å². The predicted molar refractivity (Wildman–Crippen MR) is 131 cm³/mol. The van der Waals surface area contributed by atoms with Crippen molar-refractivity contribution in [2.45, 2.75) is 13.8 Å². The van der Waals surface area contributed by atoms with Crippen LogP contribution >= 0.6 is 15.9 Å². The van der Waals surface area contributed by atoms with Crippen LogP contribution in [0.5, 0.6) is 11.5 Å². The van der Waals surface area contributed by atoms with E-state index in [1.807, 2.05) is 19.1 Å². The number of amides is 4. The van der Waals surface area contributed by atoms with Gasteiger partial charge in [-0.15, -0.1) is 0 Å². The molecule has 2 N–H and O–H groups in total. The Kier molecular flexibility index (Phi) is 8.48. The molecule has 0 aromatic heterocycles. The lowest BCUT2D eigenvalue weighted by molar-refractivity contribution is -0.145. The van der Waals surface area contributed by atoms with Gasteiger partial charge in [0, 0.05) is 5.69 Å². The Bertz CT molecular complexity index is 1180. The van der Waals surface area contributed by atoms with Gasteiger partial charge in [-0.2, -0.15) is 0 Å². The van der Waals surface area contributed by atoms with Crippen molar-refractivity contribution < 1.29 is 33.4 Å². The zero-order valence-electron chi connectivity index (χ0n) is 19.3. The summed E-state index contributed by atoms with van der Waals surface area (Å²) in [5, 5.41) is 5.13.